The van der Waals surface area contributed by atoms with Crippen molar-refractivity contribution in [3.05, 3.63) is 24.3 Å². The van der Waals surface area contributed by atoms with Crippen molar-refractivity contribution < 1.29 is 14.6 Å². The van der Waals surface area contributed by atoms with Gasteiger partial charge in [0.2, 0.25) is 0 Å². The lowest BCUT2D eigenvalue weighted by molar-refractivity contribution is 0.103. The van der Waals surface area contributed by atoms with E-state index in [9.17, 15) is 9.90 Å². The maximum atomic E-state index is 12.4. The molecule has 2 amide bonds. The highest BCUT2D eigenvalue weighted by Gasteiger charge is 2.35. The van der Waals surface area contributed by atoms with E-state index >= 15 is 0 Å². The van der Waals surface area contributed by atoms with E-state index in [1.165, 1.54) is 6.42 Å². The van der Waals surface area contributed by atoms with Gasteiger partial charge in [-0.05, 0) is 44.7 Å². The zero-order valence-corrected chi connectivity index (χ0v) is 14.1. The Labute approximate surface area is 138 Å². The third-order valence-electron chi connectivity index (χ3n) is 4.67. The van der Waals surface area contributed by atoms with Crippen molar-refractivity contribution in [3.63, 3.8) is 0 Å². The van der Waals surface area contributed by atoms with E-state index in [-0.39, 0.29) is 12.6 Å². The summed E-state index contributed by atoms with van der Waals surface area (Å²) in [7, 11) is 0. The fourth-order valence-electron chi connectivity index (χ4n) is 3.27. The van der Waals surface area contributed by atoms with Crippen molar-refractivity contribution in [2.45, 2.75) is 51.5 Å². The average Bonchev–Trinajstić information content (AvgIpc) is 2.57. The van der Waals surface area contributed by atoms with Crippen LogP contribution >= 0.6 is 0 Å². The minimum atomic E-state index is -0.592. The van der Waals surface area contributed by atoms with Crippen LogP contribution in [0.5, 0.6) is 5.75 Å². The summed E-state index contributed by atoms with van der Waals surface area (Å²) in [6, 6.07) is 7.05. The van der Waals surface area contributed by atoms with Gasteiger partial charge in [0.25, 0.3) is 0 Å². The summed E-state index contributed by atoms with van der Waals surface area (Å²) in [5.41, 5.74) is 0.0428. The lowest BCUT2D eigenvalue weighted by atomic mass is 9.76. The van der Waals surface area contributed by atoms with Gasteiger partial charge in [0.1, 0.15) is 5.75 Å². The van der Waals surface area contributed by atoms with E-state index < -0.39 is 5.54 Å². The van der Waals surface area contributed by atoms with E-state index in [1.54, 1.807) is 0 Å². The molecule has 0 saturated heterocycles. The predicted molar refractivity (Wildman–Crippen MR) is 91.8 cm³/mol. The van der Waals surface area contributed by atoms with E-state index in [1.807, 2.05) is 38.1 Å². The Morgan fingerprint density at radius 3 is 2.65 bits per heavy atom. The van der Waals surface area contributed by atoms with E-state index in [2.05, 4.69) is 10.6 Å². The molecule has 2 rings (SSSR count). The maximum absolute atomic E-state index is 12.4. The van der Waals surface area contributed by atoms with Gasteiger partial charge in [-0.25, -0.2) is 4.79 Å². The Hall–Kier alpha value is -1.75. The molecule has 0 aliphatic heterocycles. The monoisotopic (exact) mass is 320 g/mol. The number of carbonyl (C=O) groups excluding carboxylic acids is 1. The molecule has 3 N–H and O–H groups in total. The number of benzene rings is 1. The van der Waals surface area contributed by atoms with E-state index in [4.69, 9.17) is 4.74 Å². The SMILES string of the molecule is CCOc1ccccc1NC(=O)N[C@](C)(CO)C1CCCCC1. The molecule has 128 valence electrons. The molecule has 1 aromatic carbocycles. The summed E-state index contributed by atoms with van der Waals surface area (Å²) in [6.07, 6.45) is 5.67. The smallest absolute Gasteiger partial charge is 0.319 e. The van der Waals surface area contributed by atoms with Crippen LogP contribution in [0.3, 0.4) is 0 Å². The second-order valence-corrected chi connectivity index (χ2v) is 6.42. The van der Waals surface area contributed by atoms with Crippen molar-refractivity contribution in [1.29, 1.82) is 0 Å². The van der Waals surface area contributed by atoms with E-state index in [0.717, 1.165) is 25.7 Å². The third kappa shape index (κ3) is 4.61. The average molecular weight is 320 g/mol. The molecule has 0 spiro atoms. The Morgan fingerprint density at radius 1 is 1.30 bits per heavy atom. The quantitative estimate of drug-likeness (QED) is 0.751. The van der Waals surface area contributed by atoms with E-state index in [0.29, 0.717) is 24.0 Å². The molecule has 0 heterocycles. The molecule has 0 aromatic heterocycles. The number of urea groups is 1. The van der Waals surface area contributed by atoms with Crippen LogP contribution < -0.4 is 15.4 Å². The zero-order valence-electron chi connectivity index (χ0n) is 14.1. The highest BCUT2D eigenvalue weighted by molar-refractivity contribution is 5.91. The van der Waals surface area contributed by atoms with Crippen molar-refractivity contribution in [2.75, 3.05) is 18.5 Å². The summed E-state index contributed by atoms with van der Waals surface area (Å²) < 4.78 is 5.52. The summed E-state index contributed by atoms with van der Waals surface area (Å²) in [6.45, 7) is 4.31. The van der Waals surface area contributed by atoms with Crippen molar-refractivity contribution in [1.82, 2.24) is 5.32 Å². The van der Waals surface area contributed by atoms with Gasteiger partial charge in [0.15, 0.2) is 0 Å². The standard InChI is InChI=1S/C18H28N2O3/c1-3-23-16-12-8-7-11-15(16)19-17(22)20-18(2,13-21)14-9-5-4-6-10-14/h7-8,11-12,14,21H,3-6,9-10,13H2,1-2H3,(H2,19,20,22)/t18-/m1/s1. The first kappa shape index (κ1) is 17.6. The van der Waals surface area contributed by atoms with Gasteiger partial charge in [-0.1, -0.05) is 31.4 Å². The first-order valence-electron chi connectivity index (χ1n) is 8.51. The molecule has 23 heavy (non-hydrogen) atoms. The largest absolute Gasteiger partial charge is 0.492 e. The lowest BCUT2D eigenvalue weighted by Crippen LogP contribution is -2.55. The van der Waals surface area contributed by atoms with Gasteiger partial charge >= 0.3 is 6.03 Å². The van der Waals surface area contributed by atoms with Crippen molar-refractivity contribution in [2.24, 2.45) is 5.92 Å². The molecule has 1 aromatic rings. The molecule has 0 bridgehead atoms. The van der Waals surface area contributed by atoms with Gasteiger partial charge in [-0.3, -0.25) is 0 Å². The van der Waals surface area contributed by atoms with Gasteiger partial charge in [0, 0.05) is 0 Å². The summed E-state index contributed by atoms with van der Waals surface area (Å²) in [4.78, 5) is 12.4. The van der Waals surface area contributed by atoms with Crippen molar-refractivity contribution in [3.8, 4) is 5.75 Å². The molecule has 1 fully saturated rings. The molecule has 0 radical (unpaired) electrons. The van der Waals surface area contributed by atoms with Crippen LogP contribution in [0, 0.1) is 5.92 Å². The Bertz CT molecular complexity index is 515. The van der Waals surface area contributed by atoms with Gasteiger partial charge < -0.3 is 20.5 Å². The first-order chi connectivity index (χ1) is 11.1. The highest BCUT2D eigenvalue weighted by Crippen LogP contribution is 2.32. The second-order valence-electron chi connectivity index (χ2n) is 6.42. The molecule has 5 heteroatoms. The molecule has 5 nitrogen and oxygen atoms in total. The Morgan fingerprint density at radius 2 is 2.00 bits per heavy atom. The molecular formula is C18H28N2O3. The van der Waals surface area contributed by atoms with Crippen molar-refractivity contribution >= 4 is 11.7 Å². The van der Waals surface area contributed by atoms with Crippen LogP contribution in [0.25, 0.3) is 0 Å². The highest BCUT2D eigenvalue weighted by atomic mass is 16.5. The normalized spacial score (nSPS) is 18.0. The van der Waals surface area contributed by atoms with Gasteiger partial charge in [-0.2, -0.15) is 0 Å². The number of hydrogen-bond donors (Lipinski definition) is 3. The number of rotatable bonds is 6. The Kier molecular flexibility index (Phi) is 6.28. The van der Waals surface area contributed by atoms with Crippen LogP contribution in [0.15, 0.2) is 24.3 Å². The number of aliphatic hydroxyl groups excluding tert-OH is 1. The Balaban J connectivity index is 2.02. The molecule has 1 aliphatic rings. The number of aliphatic hydroxyl groups is 1. The topological polar surface area (TPSA) is 70.6 Å². The number of ether oxygens (including phenoxy) is 1. The molecule has 0 unspecified atom stereocenters. The lowest BCUT2D eigenvalue weighted by Gasteiger charge is -2.39. The van der Waals surface area contributed by atoms with Crippen LogP contribution in [0.4, 0.5) is 10.5 Å². The predicted octanol–water partition coefficient (Wildman–Crippen LogP) is 3.54. The second kappa shape index (κ2) is 8.20. The van der Waals surface area contributed by atoms with Crippen LogP contribution in [0.2, 0.25) is 0 Å². The molecule has 1 atom stereocenters. The summed E-state index contributed by atoms with van der Waals surface area (Å²) >= 11 is 0. The van der Waals surface area contributed by atoms with Gasteiger partial charge in [-0.15, -0.1) is 0 Å². The van der Waals surface area contributed by atoms with Crippen LogP contribution in [-0.2, 0) is 0 Å². The minimum Gasteiger partial charge on any atom is -0.492 e. The number of amides is 2. The fourth-order valence-corrected chi connectivity index (χ4v) is 3.27. The third-order valence-corrected chi connectivity index (χ3v) is 4.67. The van der Waals surface area contributed by atoms with Gasteiger partial charge in [0.05, 0.1) is 24.4 Å². The number of para-hydroxylation sites is 2. The molecule has 1 aliphatic carbocycles. The number of carbonyl (C=O) groups is 1. The summed E-state index contributed by atoms with van der Waals surface area (Å²) in [5, 5.41) is 15.6. The number of anilines is 1. The number of nitrogens with one attached hydrogen (secondary N) is 2. The van der Waals surface area contributed by atoms with Crippen LogP contribution in [-0.4, -0.2) is 29.9 Å². The first-order valence-corrected chi connectivity index (χ1v) is 8.51. The maximum Gasteiger partial charge on any atom is 0.319 e. The van der Waals surface area contributed by atoms with Crippen LogP contribution in [0.1, 0.15) is 46.0 Å². The fraction of sp³-hybridized carbons (Fsp3) is 0.611. The number of hydrogen-bond acceptors (Lipinski definition) is 3. The zero-order chi connectivity index (χ0) is 16.7. The molecule has 1 saturated carbocycles. The minimum absolute atomic E-state index is 0.0573. The molecular weight excluding hydrogens is 292 g/mol. The summed E-state index contributed by atoms with van der Waals surface area (Å²) in [5.74, 6) is 0.961.